The molecule has 0 aromatic carbocycles. The van der Waals surface area contributed by atoms with Gasteiger partial charge >= 0.3 is 0 Å². The lowest BCUT2D eigenvalue weighted by molar-refractivity contribution is 0.539. The lowest BCUT2D eigenvalue weighted by Crippen LogP contribution is -2.14. The van der Waals surface area contributed by atoms with Crippen molar-refractivity contribution in [3.05, 3.63) is 42.9 Å². The monoisotopic (exact) mass is 233 g/mol. The maximum Gasteiger partial charge on any atom is 0.0856 e. The first kappa shape index (κ1) is 15.4. The number of unbranched alkanes of at least 4 members (excludes halogenated alkanes) is 1. The molecule has 1 aromatic heterocycles. The van der Waals surface area contributed by atoms with E-state index in [4.69, 9.17) is 5.41 Å². The van der Waals surface area contributed by atoms with Gasteiger partial charge in [0, 0.05) is 18.9 Å². The van der Waals surface area contributed by atoms with Crippen molar-refractivity contribution in [1.29, 1.82) is 5.41 Å². The van der Waals surface area contributed by atoms with Gasteiger partial charge in [0.1, 0.15) is 0 Å². The number of hydrogen-bond donors (Lipinski definition) is 1. The maximum atomic E-state index is 6.87. The van der Waals surface area contributed by atoms with Crippen LogP contribution in [0.25, 0.3) is 0 Å². The minimum absolute atomic E-state index is 0.920. The van der Waals surface area contributed by atoms with Gasteiger partial charge in [0.2, 0.25) is 0 Å². The van der Waals surface area contributed by atoms with Crippen molar-refractivity contribution in [2.45, 2.75) is 33.1 Å². The van der Waals surface area contributed by atoms with Crippen LogP contribution in [0.15, 0.2) is 37.3 Å². The molecule has 0 atom stereocenters. The first-order valence-electron chi connectivity index (χ1n) is 6.06. The lowest BCUT2D eigenvalue weighted by Gasteiger charge is -2.10. The van der Waals surface area contributed by atoms with Gasteiger partial charge in [-0.1, -0.05) is 26.8 Å². The second-order valence-corrected chi connectivity index (χ2v) is 3.61. The van der Waals surface area contributed by atoms with E-state index in [1.807, 2.05) is 24.5 Å². The van der Waals surface area contributed by atoms with E-state index in [1.165, 1.54) is 11.9 Å². The number of aryl methyl sites for hydroxylation is 1. The highest BCUT2D eigenvalue weighted by Crippen LogP contribution is 1.94. The summed E-state index contributed by atoms with van der Waals surface area (Å²) in [5.41, 5.74) is 1.35. The molecule has 0 aliphatic rings. The molecule has 0 fully saturated rings. The number of pyridine rings is 1. The van der Waals surface area contributed by atoms with Crippen molar-refractivity contribution in [2.75, 3.05) is 6.54 Å². The van der Waals surface area contributed by atoms with Crippen LogP contribution < -0.4 is 0 Å². The summed E-state index contributed by atoms with van der Waals surface area (Å²) < 4.78 is 0. The Morgan fingerprint density at radius 2 is 2.00 bits per heavy atom. The number of nitrogens with zero attached hydrogens (tertiary/aromatic N) is 2. The van der Waals surface area contributed by atoms with Crippen LogP contribution in [0, 0.1) is 5.41 Å². The molecule has 0 unspecified atom stereocenters. The minimum Gasteiger partial charge on any atom is -0.340 e. The summed E-state index contributed by atoms with van der Waals surface area (Å²) in [5.74, 6) is 0. The van der Waals surface area contributed by atoms with Crippen LogP contribution in [-0.4, -0.2) is 22.8 Å². The van der Waals surface area contributed by atoms with Gasteiger partial charge in [0.15, 0.2) is 0 Å². The van der Waals surface area contributed by atoms with Crippen molar-refractivity contribution in [1.82, 2.24) is 9.88 Å². The molecular weight excluding hydrogens is 210 g/mol. The molecule has 0 radical (unpaired) electrons. The molecule has 3 heteroatoms. The van der Waals surface area contributed by atoms with Gasteiger partial charge < -0.3 is 4.90 Å². The minimum atomic E-state index is 0.920. The zero-order valence-electron chi connectivity index (χ0n) is 10.9. The molecule has 0 bridgehead atoms. The second-order valence-electron chi connectivity index (χ2n) is 3.61. The fourth-order valence-electron chi connectivity index (χ4n) is 1.17. The maximum absolute atomic E-state index is 6.87. The molecule has 0 amide bonds. The lowest BCUT2D eigenvalue weighted by atomic mass is 10.2. The summed E-state index contributed by atoms with van der Waals surface area (Å²) in [6.07, 6.45) is 9.99. The van der Waals surface area contributed by atoms with Crippen LogP contribution in [0.4, 0.5) is 0 Å². The van der Waals surface area contributed by atoms with Gasteiger partial charge in [0.05, 0.1) is 6.34 Å². The zero-order valence-corrected chi connectivity index (χ0v) is 10.9. The molecule has 0 saturated carbocycles. The molecule has 1 heterocycles. The Kier molecular flexibility index (Phi) is 9.82. The first-order chi connectivity index (χ1) is 8.28. The van der Waals surface area contributed by atoms with Crippen LogP contribution >= 0.6 is 0 Å². The van der Waals surface area contributed by atoms with Crippen LogP contribution in [0.3, 0.4) is 0 Å². The Morgan fingerprint density at radius 1 is 1.35 bits per heavy atom. The summed E-state index contributed by atoms with van der Waals surface area (Å²) in [6.45, 7) is 8.74. The third-order valence-corrected chi connectivity index (χ3v) is 2.33. The SMILES string of the molecule is C=CN(C=N)CCCC.CCc1ccncc1. The highest BCUT2D eigenvalue weighted by Gasteiger charge is 1.89. The van der Waals surface area contributed by atoms with Crippen molar-refractivity contribution in [3.8, 4) is 0 Å². The number of nitrogens with one attached hydrogen (secondary N) is 1. The van der Waals surface area contributed by atoms with Crippen LogP contribution in [0.5, 0.6) is 0 Å². The Hall–Kier alpha value is -1.64. The smallest absolute Gasteiger partial charge is 0.0856 e. The van der Waals surface area contributed by atoms with E-state index in [-0.39, 0.29) is 0 Å². The highest BCUT2D eigenvalue weighted by atomic mass is 15.1. The summed E-state index contributed by atoms with van der Waals surface area (Å²) >= 11 is 0. The summed E-state index contributed by atoms with van der Waals surface area (Å²) in [6, 6.07) is 4.06. The van der Waals surface area contributed by atoms with E-state index in [1.54, 1.807) is 11.1 Å². The second kappa shape index (κ2) is 10.9. The number of hydrogen-bond acceptors (Lipinski definition) is 2. The van der Waals surface area contributed by atoms with Crippen molar-refractivity contribution >= 4 is 6.34 Å². The van der Waals surface area contributed by atoms with Crippen molar-refractivity contribution < 1.29 is 0 Å². The largest absolute Gasteiger partial charge is 0.340 e. The Balaban J connectivity index is 0.000000302. The standard InChI is InChI=1S/C7H14N2.C7H9N/c1-3-5-6-9(4-2)7-8;1-2-7-3-5-8-6-4-7/h4,7-8H,2-3,5-6H2,1H3;3-6H,2H2,1H3. The molecule has 0 spiro atoms. The molecule has 0 aliphatic heterocycles. The molecule has 1 N–H and O–H groups in total. The topological polar surface area (TPSA) is 40.0 Å². The van der Waals surface area contributed by atoms with Gasteiger partial charge in [-0.2, -0.15) is 0 Å². The fraction of sp³-hybridized carbons (Fsp3) is 0.429. The zero-order chi connectivity index (χ0) is 12.9. The number of aromatic nitrogens is 1. The fourth-order valence-corrected chi connectivity index (χ4v) is 1.17. The molecule has 0 saturated heterocycles. The van der Waals surface area contributed by atoms with E-state index in [0.29, 0.717) is 0 Å². The molecule has 1 rings (SSSR count). The summed E-state index contributed by atoms with van der Waals surface area (Å²) in [4.78, 5) is 5.66. The highest BCUT2D eigenvalue weighted by molar-refractivity contribution is 5.51. The number of rotatable bonds is 6. The van der Waals surface area contributed by atoms with Crippen LogP contribution in [0.1, 0.15) is 32.3 Å². The molecular formula is C14H23N3. The quantitative estimate of drug-likeness (QED) is 0.603. The summed E-state index contributed by atoms with van der Waals surface area (Å²) in [7, 11) is 0. The van der Waals surface area contributed by atoms with E-state index in [2.05, 4.69) is 25.4 Å². The van der Waals surface area contributed by atoms with Crippen LogP contribution in [0.2, 0.25) is 0 Å². The van der Waals surface area contributed by atoms with E-state index in [9.17, 15) is 0 Å². The predicted molar refractivity (Wildman–Crippen MR) is 74.2 cm³/mol. The predicted octanol–water partition coefficient (Wildman–Crippen LogP) is 3.48. The summed E-state index contributed by atoms with van der Waals surface area (Å²) in [5, 5.41) is 6.87. The van der Waals surface area contributed by atoms with Gasteiger partial charge in [-0.05, 0) is 36.7 Å². The van der Waals surface area contributed by atoms with E-state index < -0.39 is 0 Å². The molecule has 3 nitrogen and oxygen atoms in total. The van der Waals surface area contributed by atoms with Gasteiger partial charge in [-0.25, -0.2) is 0 Å². The van der Waals surface area contributed by atoms with Crippen LogP contribution in [-0.2, 0) is 6.42 Å². The average molecular weight is 233 g/mol. The van der Waals surface area contributed by atoms with Crippen molar-refractivity contribution in [3.63, 3.8) is 0 Å². The van der Waals surface area contributed by atoms with Gasteiger partial charge in [-0.3, -0.25) is 10.4 Å². The van der Waals surface area contributed by atoms with E-state index in [0.717, 1.165) is 25.8 Å². The molecule has 0 aliphatic carbocycles. The molecule has 94 valence electrons. The van der Waals surface area contributed by atoms with Crippen molar-refractivity contribution in [2.24, 2.45) is 0 Å². The normalized spacial score (nSPS) is 8.82. The third-order valence-electron chi connectivity index (χ3n) is 2.33. The first-order valence-corrected chi connectivity index (χ1v) is 6.06. The van der Waals surface area contributed by atoms with Gasteiger partial charge in [0.25, 0.3) is 0 Å². The third kappa shape index (κ3) is 8.20. The van der Waals surface area contributed by atoms with E-state index >= 15 is 0 Å². The Labute approximate surface area is 105 Å². The van der Waals surface area contributed by atoms with Gasteiger partial charge in [-0.15, -0.1) is 0 Å². The Bertz CT molecular complexity index is 288. The molecule has 17 heavy (non-hydrogen) atoms. The average Bonchev–Trinajstić information content (AvgIpc) is 2.42. The molecule has 1 aromatic rings. The Morgan fingerprint density at radius 3 is 2.35 bits per heavy atom.